The van der Waals surface area contributed by atoms with Crippen molar-refractivity contribution in [2.75, 3.05) is 32.8 Å². The maximum atomic E-state index is 12.8. The Labute approximate surface area is 163 Å². The van der Waals surface area contributed by atoms with E-state index in [0.29, 0.717) is 12.1 Å². The molecule has 0 saturated carbocycles. The van der Waals surface area contributed by atoms with Gasteiger partial charge in [0.1, 0.15) is 11.9 Å². The molecule has 1 aliphatic heterocycles. The smallest absolute Gasteiger partial charge is 0.338 e. The lowest BCUT2D eigenvalue weighted by atomic mass is 9.78. The molecule has 0 bridgehead atoms. The fourth-order valence-electron chi connectivity index (χ4n) is 3.33. The zero-order chi connectivity index (χ0) is 20.4. The van der Waals surface area contributed by atoms with E-state index in [9.17, 15) is 9.90 Å². The van der Waals surface area contributed by atoms with Gasteiger partial charge in [-0.1, -0.05) is 41.5 Å². The number of nitrogens with zero attached hydrogens (tertiary/aromatic N) is 1. The van der Waals surface area contributed by atoms with Gasteiger partial charge in [-0.15, -0.1) is 0 Å². The number of esters is 1. The molecule has 152 valence electrons. The topological polar surface area (TPSA) is 59.0 Å². The number of aromatic hydroxyl groups is 1. The molecule has 0 amide bonds. The summed E-state index contributed by atoms with van der Waals surface area (Å²) in [5.74, 6) is -0.0697. The van der Waals surface area contributed by atoms with Crippen LogP contribution in [0.3, 0.4) is 0 Å². The highest BCUT2D eigenvalue weighted by Crippen LogP contribution is 2.39. The zero-order valence-corrected chi connectivity index (χ0v) is 17.9. The van der Waals surface area contributed by atoms with Crippen molar-refractivity contribution in [3.05, 3.63) is 28.8 Å². The molecule has 1 aromatic rings. The molecule has 0 aliphatic carbocycles. The molecule has 0 radical (unpaired) electrons. The number of carbonyl (C=O) groups is 1. The summed E-state index contributed by atoms with van der Waals surface area (Å²) in [4.78, 5) is 15.1. The highest BCUT2D eigenvalue weighted by molar-refractivity contribution is 5.90. The molecule has 1 aromatic carbocycles. The molecule has 1 saturated heterocycles. The number of morpholine rings is 1. The van der Waals surface area contributed by atoms with Crippen molar-refractivity contribution in [1.29, 1.82) is 0 Å². The van der Waals surface area contributed by atoms with E-state index in [0.717, 1.165) is 37.4 Å². The minimum atomic E-state index is -0.341. The Morgan fingerprint density at radius 3 is 2.04 bits per heavy atom. The van der Waals surface area contributed by atoms with Crippen molar-refractivity contribution in [3.63, 3.8) is 0 Å². The number of hydrogen-bond donors (Lipinski definition) is 1. The Bertz CT molecular complexity index is 629. The number of benzene rings is 1. The normalized spacial score (nSPS) is 17.6. The molecule has 1 unspecified atom stereocenters. The lowest BCUT2D eigenvalue weighted by molar-refractivity contribution is 0.000431. The van der Waals surface area contributed by atoms with Gasteiger partial charge in [0.25, 0.3) is 0 Å². The fraction of sp³-hybridized carbons (Fsp3) is 0.682. The second kappa shape index (κ2) is 8.19. The highest BCUT2D eigenvalue weighted by Gasteiger charge is 2.28. The maximum absolute atomic E-state index is 12.8. The van der Waals surface area contributed by atoms with Gasteiger partial charge < -0.3 is 14.6 Å². The molecular weight excluding hydrogens is 342 g/mol. The van der Waals surface area contributed by atoms with Crippen molar-refractivity contribution < 1.29 is 19.4 Å². The van der Waals surface area contributed by atoms with Crippen LogP contribution in [0.5, 0.6) is 5.75 Å². The number of rotatable bonds is 4. The van der Waals surface area contributed by atoms with Crippen molar-refractivity contribution in [1.82, 2.24) is 4.90 Å². The van der Waals surface area contributed by atoms with Crippen molar-refractivity contribution in [2.45, 2.75) is 65.4 Å². The zero-order valence-electron chi connectivity index (χ0n) is 17.9. The lowest BCUT2D eigenvalue weighted by Gasteiger charge is -2.29. The van der Waals surface area contributed by atoms with E-state index in [4.69, 9.17) is 9.47 Å². The number of phenolic OH excluding ortho intramolecular Hbond substituents is 1. The van der Waals surface area contributed by atoms with Crippen LogP contribution in [0.4, 0.5) is 0 Å². The van der Waals surface area contributed by atoms with Crippen molar-refractivity contribution in [2.24, 2.45) is 0 Å². The van der Waals surface area contributed by atoms with Crippen LogP contribution in [-0.2, 0) is 20.3 Å². The molecule has 0 spiro atoms. The highest BCUT2D eigenvalue weighted by atomic mass is 16.5. The molecule has 5 nitrogen and oxygen atoms in total. The van der Waals surface area contributed by atoms with Crippen LogP contribution in [0, 0.1) is 0 Å². The minimum Gasteiger partial charge on any atom is -0.507 e. The van der Waals surface area contributed by atoms with E-state index < -0.39 is 0 Å². The van der Waals surface area contributed by atoms with Crippen LogP contribution in [0.1, 0.15) is 70.0 Å². The second-order valence-electron chi connectivity index (χ2n) is 9.55. The second-order valence-corrected chi connectivity index (χ2v) is 9.55. The third kappa shape index (κ3) is 5.69. The first-order valence-electron chi connectivity index (χ1n) is 9.78. The molecule has 1 aliphatic rings. The van der Waals surface area contributed by atoms with E-state index in [1.807, 2.05) is 48.5 Å². The molecule has 0 aromatic heterocycles. The van der Waals surface area contributed by atoms with E-state index >= 15 is 0 Å². The monoisotopic (exact) mass is 377 g/mol. The summed E-state index contributed by atoms with van der Waals surface area (Å²) in [7, 11) is 0. The van der Waals surface area contributed by atoms with Gasteiger partial charge in [-0.05, 0) is 29.9 Å². The van der Waals surface area contributed by atoms with Gasteiger partial charge in [0.2, 0.25) is 0 Å². The van der Waals surface area contributed by atoms with E-state index in [1.54, 1.807) is 12.1 Å². The summed E-state index contributed by atoms with van der Waals surface area (Å²) in [5.41, 5.74) is 1.47. The summed E-state index contributed by atoms with van der Waals surface area (Å²) in [6, 6.07) is 3.54. The first-order chi connectivity index (χ1) is 12.4. The molecule has 1 fully saturated rings. The van der Waals surface area contributed by atoms with Crippen LogP contribution < -0.4 is 0 Å². The van der Waals surface area contributed by atoms with Gasteiger partial charge in [0.05, 0.1) is 18.8 Å². The Morgan fingerprint density at radius 2 is 1.59 bits per heavy atom. The largest absolute Gasteiger partial charge is 0.507 e. The molecule has 5 heteroatoms. The minimum absolute atomic E-state index is 0.208. The van der Waals surface area contributed by atoms with Gasteiger partial charge in [-0.25, -0.2) is 4.79 Å². The number of ether oxygens (including phenoxy) is 2. The van der Waals surface area contributed by atoms with Crippen LogP contribution in [0.2, 0.25) is 0 Å². The summed E-state index contributed by atoms with van der Waals surface area (Å²) < 4.78 is 11.1. The van der Waals surface area contributed by atoms with E-state index in [2.05, 4.69) is 4.90 Å². The van der Waals surface area contributed by atoms with E-state index in [-0.39, 0.29) is 28.7 Å². The van der Waals surface area contributed by atoms with Gasteiger partial charge >= 0.3 is 5.97 Å². The molecule has 1 atom stereocenters. The summed E-state index contributed by atoms with van der Waals surface area (Å²) in [6.07, 6.45) is -0.208. The van der Waals surface area contributed by atoms with Crippen molar-refractivity contribution >= 4 is 5.97 Å². The summed E-state index contributed by atoms with van der Waals surface area (Å²) >= 11 is 0. The first kappa shape index (κ1) is 21.7. The van der Waals surface area contributed by atoms with Crippen LogP contribution in [0.25, 0.3) is 0 Å². The Morgan fingerprint density at radius 1 is 1.11 bits per heavy atom. The predicted octanol–water partition coefficient (Wildman–Crippen LogP) is 3.86. The molecular formula is C22H35NO4. The first-order valence-corrected chi connectivity index (χ1v) is 9.78. The summed E-state index contributed by atoms with van der Waals surface area (Å²) in [5, 5.41) is 10.8. The number of phenols is 1. The predicted molar refractivity (Wildman–Crippen MR) is 108 cm³/mol. The third-order valence-corrected chi connectivity index (χ3v) is 4.89. The molecule has 2 rings (SSSR count). The third-order valence-electron chi connectivity index (χ3n) is 4.89. The SMILES string of the molecule is CC(CN1CCOCC1)OC(=O)c1cc(C(C)(C)C)c(O)c(C(C)(C)C)c1. The Kier molecular flexibility index (Phi) is 6.59. The molecule has 1 heterocycles. The van der Waals surface area contributed by atoms with Gasteiger partial charge in [0, 0.05) is 30.8 Å². The average molecular weight is 378 g/mol. The average Bonchev–Trinajstić information content (AvgIpc) is 2.53. The fourth-order valence-corrected chi connectivity index (χ4v) is 3.33. The van der Waals surface area contributed by atoms with Crippen LogP contribution in [0.15, 0.2) is 12.1 Å². The van der Waals surface area contributed by atoms with Gasteiger partial charge in [0.15, 0.2) is 0 Å². The molecule has 27 heavy (non-hydrogen) atoms. The van der Waals surface area contributed by atoms with Gasteiger partial charge in [-0.3, -0.25) is 4.90 Å². The maximum Gasteiger partial charge on any atom is 0.338 e. The summed E-state index contributed by atoms with van der Waals surface area (Å²) in [6.45, 7) is 18.0. The number of hydrogen-bond acceptors (Lipinski definition) is 5. The quantitative estimate of drug-likeness (QED) is 0.808. The lowest BCUT2D eigenvalue weighted by Crippen LogP contribution is -2.41. The Balaban J connectivity index is 2.24. The number of carbonyl (C=O) groups excluding carboxylic acids is 1. The molecule has 1 N–H and O–H groups in total. The standard InChI is InChI=1S/C22H35NO4/c1-15(14-23-8-10-26-11-9-23)27-20(25)16-12-17(21(2,3)4)19(24)18(13-16)22(5,6)7/h12-13,15,24H,8-11,14H2,1-7H3. The van der Waals surface area contributed by atoms with Gasteiger partial charge in [-0.2, -0.15) is 0 Å². The Hall–Kier alpha value is -1.59. The van der Waals surface area contributed by atoms with Crippen LogP contribution >= 0.6 is 0 Å². The van der Waals surface area contributed by atoms with Crippen LogP contribution in [-0.4, -0.2) is 54.9 Å². The van der Waals surface area contributed by atoms with E-state index in [1.165, 1.54) is 0 Å². The van der Waals surface area contributed by atoms with Crippen molar-refractivity contribution in [3.8, 4) is 5.75 Å².